The molecule has 0 radical (unpaired) electrons. The Morgan fingerprint density at radius 2 is 2.29 bits per heavy atom. The van der Waals surface area contributed by atoms with Crippen molar-refractivity contribution in [3.63, 3.8) is 0 Å². The van der Waals surface area contributed by atoms with Gasteiger partial charge in [0.2, 0.25) is 0 Å². The molecule has 0 amide bonds. The van der Waals surface area contributed by atoms with Crippen molar-refractivity contribution in [3.05, 3.63) is 34.3 Å². The van der Waals surface area contributed by atoms with E-state index in [-0.39, 0.29) is 0 Å². The summed E-state index contributed by atoms with van der Waals surface area (Å²) in [6, 6.07) is 3.93. The number of hydrogen-bond acceptors (Lipinski definition) is 4. The topological polar surface area (TPSA) is 51.8 Å². The monoisotopic (exact) mass is 205 g/mol. The van der Waals surface area contributed by atoms with Gasteiger partial charge in [-0.15, -0.1) is 0 Å². The van der Waals surface area contributed by atoms with E-state index in [4.69, 9.17) is 5.73 Å². The molecular formula is C10H11N3S. The SMILES string of the molecule is Cc1cc(CN)nc(-c2ccsc2)n1. The van der Waals surface area contributed by atoms with Crippen molar-refractivity contribution >= 4 is 11.3 Å². The van der Waals surface area contributed by atoms with Crippen LogP contribution in [0.1, 0.15) is 11.4 Å². The van der Waals surface area contributed by atoms with Gasteiger partial charge < -0.3 is 5.73 Å². The molecule has 0 aromatic carbocycles. The minimum Gasteiger partial charge on any atom is -0.325 e. The van der Waals surface area contributed by atoms with E-state index in [2.05, 4.69) is 9.97 Å². The van der Waals surface area contributed by atoms with Crippen LogP contribution in [0.15, 0.2) is 22.9 Å². The van der Waals surface area contributed by atoms with Gasteiger partial charge in [-0.05, 0) is 24.4 Å². The lowest BCUT2D eigenvalue weighted by molar-refractivity contribution is 0.954. The Balaban J connectivity index is 2.48. The quantitative estimate of drug-likeness (QED) is 0.815. The molecule has 2 rings (SSSR count). The summed E-state index contributed by atoms with van der Waals surface area (Å²) < 4.78 is 0. The molecule has 0 atom stereocenters. The van der Waals surface area contributed by atoms with Gasteiger partial charge in [-0.1, -0.05) is 0 Å². The zero-order valence-corrected chi connectivity index (χ0v) is 8.71. The summed E-state index contributed by atoms with van der Waals surface area (Å²) in [5.74, 6) is 0.770. The van der Waals surface area contributed by atoms with Gasteiger partial charge in [0.25, 0.3) is 0 Å². The first-order chi connectivity index (χ1) is 6.79. The second-order valence-corrected chi connectivity index (χ2v) is 3.82. The van der Waals surface area contributed by atoms with Crippen molar-refractivity contribution in [2.45, 2.75) is 13.5 Å². The Labute approximate surface area is 86.6 Å². The van der Waals surface area contributed by atoms with Crippen LogP contribution in [0.3, 0.4) is 0 Å². The third-order valence-corrected chi connectivity index (χ3v) is 2.58. The molecule has 4 heteroatoms. The molecule has 0 bridgehead atoms. The average Bonchev–Trinajstić information content (AvgIpc) is 2.69. The lowest BCUT2D eigenvalue weighted by Gasteiger charge is -2.02. The van der Waals surface area contributed by atoms with E-state index in [0.717, 1.165) is 22.8 Å². The highest BCUT2D eigenvalue weighted by Gasteiger charge is 2.03. The van der Waals surface area contributed by atoms with E-state index in [0.29, 0.717) is 6.54 Å². The number of rotatable bonds is 2. The van der Waals surface area contributed by atoms with Gasteiger partial charge in [-0.3, -0.25) is 0 Å². The first-order valence-electron chi connectivity index (χ1n) is 4.37. The van der Waals surface area contributed by atoms with Gasteiger partial charge >= 0.3 is 0 Å². The van der Waals surface area contributed by atoms with Gasteiger partial charge in [-0.25, -0.2) is 9.97 Å². The molecule has 0 aliphatic heterocycles. The fourth-order valence-corrected chi connectivity index (χ4v) is 1.89. The van der Waals surface area contributed by atoms with Crippen LogP contribution >= 0.6 is 11.3 Å². The highest BCUT2D eigenvalue weighted by Crippen LogP contribution is 2.18. The van der Waals surface area contributed by atoms with E-state index in [1.54, 1.807) is 11.3 Å². The van der Waals surface area contributed by atoms with Crippen LogP contribution in [0.4, 0.5) is 0 Å². The van der Waals surface area contributed by atoms with Gasteiger partial charge in [0.1, 0.15) is 0 Å². The van der Waals surface area contributed by atoms with E-state index >= 15 is 0 Å². The van der Waals surface area contributed by atoms with Gasteiger partial charge in [0.05, 0.1) is 5.69 Å². The maximum atomic E-state index is 5.55. The Bertz CT molecular complexity index is 423. The van der Waals surface area contributed by atoms with Crippen molar-refractivity contribution in [1.82, 2.24) is 9.97 Å². The minimum atomic E-state index is 0.459. The summed E-state index contributed by atoms with van der Waals surface area (Å²) in [6.45, 7) is 2.41. The average molecular weight is 205 g/mol. The summed E-state index contributed by atoms with van der Waals surface area (Å²) in [5, 5.41) is 4.05. The van der Waals surface area contributed by atoms with Crippen molar-refractivity contribution in [2.75, 3.05) is 0 Å². The Morgan fingerprint density at radius 1 is 1.43 bits per heavy atom. The maximum Gasteiger partial charge on any atom is 0.160 e. The molecule has 0 fully saturated rings. The summed E-state index contributed by atoms with van der Waals surface area (Å²) in [6.07, 6.45) is 0. The molecule has 0 aliphatic rings. The third-order valence-electron chi connectivity index (χ3n) is 1.90. The van der Waals surface area contributed by atoms with Crippen LogP contribution in [0, 0.1) is 6.92 Å². The molecule has 0 spiro atoms. The summed E-state index contributed by atoms with van der Waals surface area (Å²) in [7, 11) is 0. The summed E-state index contributed by atoms with van der Waals surface area (Å²) >= 11 is 1.64. The lowest BCUT2D eigenvalue weighted by Crippen LogP contribution is -2.03. The van der Waals surface area contributed by atoms with Crippen molar-refractivity contribution in [2.24, 2.45) is 5.73 Å². The first-order valence-corrected chi connectivity index (χ1v) is 5.31. The zero-order valence-electron chi connectivity index (χ0n) is 7.90. The molecule has 2 heterocycles. The molecule has 0 saturated heterocycles. The first kappa shape index (κ1) is 9.30. The maximum absolute atomic E-state index is 5.55. The third kappa shape index (κ3) is 1.81. The molecule has 0 aliphatic carbocycles. The predicted octanol–water partition coefficient (Wildman–Crippen LogP) is 1.97. The molecule has 72 valence electrons. The lowest BCUT2D eigenvalue weighted by atomic mass is 10.2. The summed E-state index contributed by atoms with van der Waals surface area (Å²) in [5.41, 5.74) is 8.46. The standard InChI is InChI=1S/C10H11N3S/c1-7-4-9(5-11)13-10(12-7)8-2-3-14-6-8/h2-4,6H,5,11H2,1H3. The van der Waals surface area contributed by atoms with Crippen molar-refractivity contribution in [1.29, 1.82) is 0 Å². The zero-order chi connectivity index (χ0) is 9.97. The van der Waals surface area contributed by atoms with E-state index in [1.165, 1.54) is 0 Å². The Kier molecular flexibility index (Phi) is 2.56. The largest absolute Gasteiger partial charge is 0.325 e. The van der Waals surface area contributed by atoms with Crippen LogP contribution in [-0.2, 0) is 6.54 Å². The molecule has 2 aromatic heterocycles. The van der Waals surface area contributed by atoms with E-state index < -0.39 is 0 Å². The van der Waals surface area contributed by atoms with E-state index in [9.17, 15) is 0 Å². The van der Waals surface area contributed by atoms with Gasteiger partial charge in [-0.2, -0.15) is 11.3 Å². The smallest absolute Gasteiger partial charge is 0.160 e. The molecule has 14 heavy (non-hydrogen) atoms. The fourth-order valence-electron chi connectivity index (χ4n) is 1.26. The molecule has 2 aromatic rings. The van der Waals surface area contributed by atoms with Crippen LogP contribution in [0.5, 0.6) is 0 Å². The van der Waals surface area contributed by atoms with Gasteiger partial charge in [0.15, 0.2) is 5.82 Å². The van der Waals surface area contributed by atoms with Crippen molar-refractivity contribution < 1.29 is 0 Å². The molecule has 0 saturated carbocycles. The molecule has 2 N–H and O–H groups in total. The number of thiophene rings is 1. The number of nitrogens with zero attached hydrogens (tertiary/aromatic N) is 2. The fraction of sp³-hybridized carbons (Fsp3) is 0.200. The van der Waals surface area contributed by atoms with Gasteiger partial charge in [0, 0.05) is 23.2 Å². The number of hydrogen-bond donors (Lipinski definition) is 1. The highest BCUT2D eigenvalue weighted by atomic mass is 32.1. The van der Waals surface area contributed by atoms with Crippen LogP contribution in [-0.4, -0.2) is 9.97 Å². The highest BCUT2D eigenvalue weighted by molar-refractivity contribution is 7.08. The number of nitrogens with two attached hydrogens (primary N) is 1. The second-order valence-electron chi connectivity index (χ2n) is 3.04. The molecule has 3 nitrogen and oxygen atoms in total. The normalized spacial score (nSPS) is 10.4. The summed E-state index contributed by atoms with van der Waals surface area (Å²) in [4.78, 5) is 8.73. The Hall–Kier alpha value is -1.26. The Morgan fingerprint density at radius 3 is 2.93 bits per heavy atom. The number of aryl methyl sites for hydroxylation is 1. The number of aromatic nitrogens is 2. The van der Waals surface area contributed by atoms with Crippen LogP contribution < -0.4 is 5.73 Å². The van der Waals surface area contributed by atoms with Crippen molar-refractivity contribution in [3.8, 4) is 11.4 Å². The van der Waals surface area contributed by atoms with Crippen LogP contribution in [0.2, 0.25) is 0 Å². The predicted molar refractivity (Wildman–Crippen MR) is 58.0 cm³/mol. The second kappa shape index (κ2) is 3.86. The van der Waals surface area contributed by atoms with E-state index in [1.807, 2.05) is 29.8 Å². The minimum absolute atomic E-state index is 0.459. The molecule has 0 unspecified atom stereocenters. The van der Waals surface area contributed by atoms with Crippen LogP contribution in [0.25, 0.3) is 11.4 Å². The molecular weight excluding hydrogens is 194 g/mol.